The Hall–Kier alpha value is -3.14. The van der Waals surface area contributed by atoms with E-state index in [0.29, 0.717) is 10.8 Å². The van der Waals surface area contributed by atoms with Gasteiger partial charge in [0.1, 0.15) is 0 Å². The molecular formula is C20H16O7S2. The van der Waals surface area contributed by atoms with E-state index in [1.165, 1.54) is 0 Å². The monoisotopic (exact) mass is 432 g/mol. The van der Waals surface area contributed by atoms with Gasteiger partial charge in [-0.25, -0.2) is 8.42 Å². The molecule has 0 amide bonds. The summed E-state index contributed by atoms with van der Waals surface area (Å²) in [5.41, 5.74) is 0. The summed E-state index contributed by atoms with van der Waals surface area (Å²) in [6, 6.07) is 25.3. The third-order valence-electron chi connectivity index (χ3n) is 3.88. The van der Waals surface area contributed by atoms with Crippen LogP contribution >= 0.6 is 0 Å². The van der Waals surface area contributed by atoms with E-state index in [0.717, 1.165) is 10.8 Å². The van der Waals surface area contributed by atoms with Crippen LogP contribution in [0.2, 0.25) is 0 Å². The van der Waals surface area contributed by atoms with Gasteiger partial charge in [-0.2, -0.15) is 0 Å². The quantitative estimate of drug-likeness (QED) is 0.373. The van der Waals surface area contributed by atoms with Crippen molar-refractivity contribution in [2.45, 2.75) is 0 Å². The lowest BCUT2D eigenvalue weighted by Gasteiger charge is -2.11. The largest absolute Gasteiger partial charge is 0.501 e. The molecule has 7 nitrogen and oxygen atoms in total. The van der Waals surface area contributed by atoms with E-state index in [4.69, 9.17) is 21.3 Å². The molecule has 4 aromatic carbocycles. The maximum Gasteiger partial charge on any atom is 0.501 e. The fourth-order valence-corrected chi connectivity index (χ4v) is 3.54. The standard InChI is InChI=1S/C20H14O4S.H2O3S/c21-25(22,23-19-13-5-9-15-7-1-3-11-17(15)19)24-20-14-6-10-16-8-2-4-12-18(16)20;1-4(2)3/h1-14H;4H,(H,1,2,3). The molecule has 0 aliphatic carbocycles. The highest BCUT2D eigenvalue weighted by Crippen LogP contribution is 2.29. The molecule has 0 radical (unpaired) electrons. The first-order valence-electron chi connectivity index (χ1n) is 8.28. The van der Waals surface area contributed by atoms with Crippen LogP contribution in [0.15, 0.2) is 84.9 Å². The van der Waals surface area contributed by atoms with Crippen LogP contribution in [0.3, 0.4) is 0 Å². The molecule has 0 aliphatic heterocycles. The highest BCUT2D eigenvalue weighted by Gasteiger charge is 2.18. The Morgan fingerprint density at radius 2 is 0.966 bits per heavy atom. The van der Waals surface area contributed by atoms with Gasteiger partial charge in [0.05, 0.1) is 0 Å². The zero-order valence-corrected chi connectivity index (χ0v) is 16.5. The first kappa shape index (κ1) is 20.6. The lowest BCUT2D eigenvalue weighted by Crippen LogP contribution is -2.16. The van der Waals surface area contributed by atoms with E-state index in [1.54, 1.807) is 36.4 Å². The Labute approximate surface area is 169 Å². The minimum Gasteiger partial charge on any atom is -0.352 e. The minimum atomic E-state index is -4.27. The minimum absolute atomic E-state index is 0.235. The van der Waals surface area contributed by atoms with Gasteiger partial charge in [-0.15, -0.1) is 8.42 Å². The Balaban J connectivity index is 0.000000552. The van der Waals surface area contributed by atoms with Crippen molar-refractivity contribution in [3.8, 4) is 11.5 Å². The van der Waals surface area contributed by atoms with Crippen LogP contribution in [0.5, 0.6) is 11.5 Å². The number of benzene rings is 4. The van der Waals surface area contributed by atoms with Crippen molar-refractivity contribution in [2.75, 3.05) is 0 Å². The third kappa shape index (κ3) is 5.44. The summed E-state index contributed by atoms with van der Waals surface area (Å²) in [6.07, 6.45) is 0. The first-order chi connectivity index (χ1) is 13.9. The van der Waals surface area contributed by atoms with E-state index in [2.05, 4.69) is 0 Å². The van der Waals surface area contributed by atoms with Crippen LogP contribution in [0.25, 0.3) is 21.5 Å². The van der Waals surface area contributed by atoms with Crippen LogP contribution in [0, 0.1) is 0 Å². The fraction of sp³-hybridized carbons (Fsp3) is 0. The fourth-order valence-electron chi connectivity index (χ4n) is 2.77. The van der Waals surface area contributed by atoms with Crippen LogP contribution < -0.4 is 8.37 Å². The maximum absolute atomic E-state index is 12.4. The third-order valence-corrected chi connectivity index (χ3v) is 4.65. The van der Waals surface area contributed by atoms with Gasteiger partial charge in [0.2, 0.25) is 0 Å². The predicted molar refractivity (Wildman–Crippen MR) is 111 cm³/mol. The second-order valence-electron chi connectivity index (χ2n) is 5.77. The molecule has 0 saturated heterocycles. The van der Waals surface area contributed by atoms with E-state index in [1.807, 2.05) is 48.5 Å². The van der Waals surface area contributed by atoms with Crippen LogP contribution in [-0.4, -0.2) is 21.4 Å². The summed E-state index contributed by atoms with van der Waals surface area (Å²) in [6.45, 7) is 0. The van der Waals surface area contributed by atoms with Crippen molar-refractivity contribution in [1.82, 2.24) is 0 Å². The molecule has 4 aromatic rings. The average Bonchev–Trinajstić information content (AvgIpc) is 2.68. The van der Waals surface area contributed by atoms with Gasteiger partial charge in [-0.1, -0.05) is 72.8 Å². The normalized spacial score (nSPS) is 11.1. The number of thiol groups is 1. The molecule has 9 heteroatoms. The van der Waals surface area contributed by atoms with E-state index >= 15 is 0 Å². The number of hydrogen-bond acceptors (Lipinski definition) is 6. The predicted octanol–water partition coefficient (Wildman–Crippen LogP) is 3.77. The summed E-state index contributed by atoms with van der Waals surface area (Å²) in [5, 5.41) is 3.19. The molecule has 0 bridgehead atoms. The van der Waals surface area contributed by atoms with Crippen LogP contribution in [-0.2, 0) is 21.4 Å². The maximum atomic E-state index is 12.4. The molecule has 0 aliphatic rings. The van der Waals surface area contributed by atoms with Gasteiger partial charge >= 0.3 is 10.4 Å². The molecule has 0 aromatic heterocycles. The summed E-state index contributed by atoms with van der Waals surface area (Å²) < 4.78 is 59.5. The zero-order chi connectivity index (χ0) is 20.9. The SMILES string of the molecule is O=S(=O)(Oc1cccc2ccccc12)Oc1cccc2ccccc12.O=[SH](=O)O. The lowest BCUT2D eigenvalue weighted by atomic mass is 10.1. The topological polar surface area (TPSA) is 107 Å². The molecule has 4 rings (SSSR count). The van der Waals surface area contributed by atoms with Gasteiger partial charge in [0.15, 0.2) is 11.5 Å². The highest BCUT2D eigenvalue weighted by atomic mass is 32.3. The first-order valence-corrected chi connectivity index (χ1v) is 10.7. The van der Waals surface area contributed by atoms with Crippen molar-refractivity contribution in [2.24, 2.45) is 0 Å². The van der Waals surface area contributed by atoms with Gasteiger partial charge < -0.3 is 8.37 Å². The van der Waals surface area contributed by atoms with Crippen molar-refractivity contribution in [1.29, 1.82) is 0 Å². The molecule has 0 fully saturated rings. The summed E-state index contributed by atoms with van der Waals surface area (Å²) in [5.74, 6) is 0.469. The van der Waals surface area contributed by atoms with Gasteiger partial charge in [-0.3, -0.25) is 4.55 Å². The molecule has 0 heterocycles. The van der Waals surface area contributed by atoms with Gasteiger partial charge in [-0.05, 0) is 22.9 Å². The summed E-state index contributed by atoms with van der Waals surface area (Å²) in [4.78, 5) is 0. The molecule has 0 saturated carbocycles. The lowest BCUT2D eigenvalue weighted by molar-refractivity contribution is 0.396. The van der Waals surface area contributed by atoms with E-state index in [9.17, 15) is 8.42 Å². The second-order valence-corrected chi connectivity index (χ2v) is 7.39. The number of rotatable bonds is 4. The van der Waals surface area contributed by atoms with Crippen LogP contribution in [0.4, 0.5) is 0 Å². The Kier molecular flexibility index (Phi) is 6.32. The van der Waals surface area contributed by atoms with Gasteiger partial charge in [0, 0.05) is 10.8 Å². The Morgan fingerprint density at radius 3 is 1.38 bits per heavy atom. The van der Waals surface area contributed by atoms with Crippen molar-refractivity contribution < 1.29 is 29.8 Å². The molecule has 0 unspecified atom stereocenters. The summed E-state index contributed by atoms with van der Waals surface area (Å²) in [7, 11) is -7.39. The van der Waals surface area contributed by atoms with Crippen molar-refractivity contribution in [3.05, 3.63) is 84.9 Å². The number of hydrogen-bond donors (Lipinski definition) is 2. The van der Waals surface area contributed by atoms with E-state index < -0.39 is 21.4 Å². The van der Waals surface area contributed by atoms with Crippen LogP contribution in [0.1, 0.15) is 0 Å². The smallest absolute Gasteiger partial charge is 0.352 e. The molecule has 150 valence electrons. The van der Waals surface area contributed by atoms with Crippen molar-refractivity contribution >= 4 is 42.9 Å². The molecule has 0 atom stereocenters. The molecule has 0 spiro atoms. The molecule has 1 N–H and O–H groups in total. The van der Waals surface area contributed by atoms with Crippen molar-refractivity contribution in [3.63, 3.8) is 0 Å². The second kappa shape index (κ2) is 8.91. The zero-order valence-electron chi connectivity index (χ0n) is 14.8. The summed E-state index contributed by atoms with van der Waals surface area (Å²) >= 11 is 0. The Morgan fingerprint density at radius 1 is 0.621 bits per heavy atom. The van der Waals surface area contributed by atoms with Gasteiger partial charge in [0.25, 0.3) is 11.0 Å². The Bertz CT molecular complexity index is 1220. The molecule has 29 heavy (non-hydrogen) atoms. The number of fused-ring (bicyclic) bond motifs is 2. The average molecular weight is 432 g/mol. The highest BCUT2D eigenvalue weighted by molar-refractivity contribution is 7.82. The molecular weight excluding hydrogens is 416 g/mol. The van der Waals surface area contributed by atoms with E-state index in [-0.39, 0.29) is 11.5 Å².